The summed E-state index contributed by atoms with van der Waals surface area (Å²) in [5, 5.41) is 15.4. The van der Waals surface area contributed by atoms with Crippen molar-refractivity contribution in [3.63, 3.8) is 0 Å². The molecule has 0 radical (unpaired) electrons. The fraction of sp³-hybridized carbons (Fsp3) is 0.500. The quantitative estimate of drug-likeness (QED) is 0.741. The highest BCUT2D eigenvalue weighted by atomic mass is 32.1. The molecule has 0 amide bonds. The molecule has 4 rings (SSSR count). The molecule has 1 saturated heterocycles. The van der Waals surface area contributed by atoms with Gasteiger partial charge in [0, 0.05) is 17.9 Å². The molecular formula is C20H27N4OS+. The molecule has 6 heteroatoms. The van der Waals surface area contributed by atoms with Crippen molar-refractivity contribution in [2.75, 3.05) is 13.1 Å². The summed E-state index contributed by atoms with van der Waals surface area (Å²) in [4.78, 5) is 7.86. The smallest absolute Gasteiger partial charge is 0.235 e. The average molecular weight is 372 g/mol. The molecule has 3 atom stereocenters. The van der Waals surface area contributed by atoms with Crippen molar-refractivity contribution in [1.29, 1.82) is 0 Å². The van der Waals surface area contributed by atoms with Crippen LogP contribution in [0.3, 0.4) is 0 Å². The number of aryl methyl sites for hydroxylation is 2. The van der Waals surface area contributed by atoms with Gasteiger partial charge in [-0.15, -0.1) is 5.10 Å². The molecule has 1 aromatic carbocycles. The second-order valence-electron chi connectivity index (χ2n) is 7.57. The first-order valence-electron chi connectivity index (χ1n) is 9.55. The van der Waals surface area contributed by atoms with Gasteiger partial charge in [-0.1, -0.05) is 55.0 Å². The second kappa shape index (κ2) is 7.00. The Kier molecular flexibility index (Phi) is 4.71. The zero-order valence-electron chi connectivity index (χ0n) is 15.7. The van der Waals surface area contributed by atoms with E-state index in [0.29, 0.717) is 5.92 Å². The molecule has 26 heavy (non-hydrogen) atoms. The predicted octanol–water partition coefficient (Wildman–Crippen LogP) is 2.77. The van der Waals surface area contributed by atoms with Crippen LogP contribution < -0.4 is 4.90 Å². The van der Waals surface area contributed by atoms with Crippen molar-refractivity contribution < 1.29 is 10.0 Å². The van der Waals surface area contributed by atoms with Gasteiger partial charge in [0.1, 0.15) is 4.88 Å². The highest BCUT2D eigenvalue weighted by Crippen LogP contribution is 2.35. The van der Waals surface area contributed by atoms with Gasteiger partial charge in [-0.3, -0.25) is 0 Å². The molecule has 1 aliphatic heterocycles. The molecule has 1 aliphatic rings. The number of fused-ring (bicyclic) bond motifs is 1. The predicted molar refractivity (Wildman–Crippen MR) is 104 cm³/mol. The summed E-state index contributed by atoms with van der Waals surface area (Å²) in [6.07, 6.45) is 3.31. The Morgan fingerprint density at radius 2 is 2.12 bits per heavy atom. The van der Waals surface area contributed by atoms with Gasteiger partial charge in [-0.05, 0) is 19.8 Å². The Labute approximate surface area is 158 Å². The van der Waals surface area contributed by atoms with Gasteiger partial charge >= 0.3 is 0 Å². The topological polar surface area (TPSA) is 54.9 Å². The third-order valence-corrected chi connectivity index (χ3v) is 6.53. The zero-order valence-corrected chi connectivity index (χ0v) is 16.5. The van der Waals surface area contributed by atoms with Crippen LogP contribution in [-0.4, -0.2) is 32.8 Å². The summed E-state index contributed by atoms with van der Waals surface area (Å²) >= 11 is 1.58. The fourth-order valence-corrected chi connectivity index (χ4v) is 5.21. The van der Waals surface area contributed by atoms with E-state index in [0.717, 1.165) is 35.2 Å². The highest BCUT2D eigenvalue weighted by Gasteiger charge is 2.35. The largest absolute Gasteiger partial charge is 0.492 e. The lowest BCUT2D eigenvalue weighted by molar-refractivity contribution is -0.933. The minimum Gasteiger partial charge on any atom is -0.492 e. The molecule has 0 aliphatic carbocycles. The van der Waals surface area contributed by atoms with E-state index in [1.165, 1.54) is 28.9 Å². The molecule has 0 spiro atoms. The minimum absolute atomic E-state index is 0.136. The van der Waals surface area contributed by atoms with Gasteiger partial charge in [-0.2, -0.15) is 4.52 Å². The standard InChI is InChI=1S/C20H26N4OS/c1-4-16-21-20-24(22-16)19(25)18(26-20)17(15-9-7-13(2)8-10-15)23-11-5-6-14(3)12-23/h7-10,14,17,25H,4-6,11-12H2,1-3H3/p+1/t14-,17+/m0/s1. The van der Waals surface area contributed by atoms with E-state index in [1.807, 2.05) is 6.92 Å². The number of nitrogens with one attached hydrogen (secondary N) is 1. The average Bonchev–Trinajstić information content (AvgIpc) is 3.17. The van der Waals surface area contributed by atoms with E-state index >= 15 is 0 Å². The van der Waals surface area contributed by atoms with Crippen LogP contribution in [0, 0.1) is 12.8 Å². The van der Waals surface area contributed by atoms with Gasteiger partial charge < -0.3 is 10.0 Å². The van der Waals surface area contributed by atoms with E-state index < -0.39 is 0 Å². The maximum atomic E-state index is 10.9. The van der Waals surface area contributed by atoms with E-state index in [2.05, 4.69) is 48.2 Å². The summed E-state index contributed by atoms with van der Waals surface area (Å²) in [5.74, 6) is 1.75. The van der Waals surface area contributed by atoms with E-state index in [9.17, 15) is 5.11 Å². The lowest BCUT2D eigenvalue weighted by atomic mass is 9.95. The van der Waals surface area contributed by atoms with Gasteiger partial charge in [0.05, 0.1) is 13.1 Å². The fourth-order valence-electron chi connectivity index (χ4n) is 4.05. The Hall–Kier alpha value is -1.92. The molecule has 3 heterocycles. The van der Waals surface area contributed by atoms with E-state index in [4.69, 9.17) is 0 Å². The van der Waals surface area contributed by atoms with Crippen molar-refractivity contribution in [2.24, 2.45) is 5.92 Å². The van der Waals surface area contributed by atoms with Crippen molar-refractivity contribution in [1.82, 2.24) is 14.6 Å². The molecule has 0 saturated carbocycles. The lowest BCUT2D eigenvalue weighted by Gasteiger charge is -2.34. The Balaban J connectivity index is 1.80. The third kappa shape index (κ3) is 3.12. The van der Waals surface area contributed by atoms with Crippen LogP contribution in [0.2, 0.25) is 0 Å². The van der Waals surface area contributed by atoms with Gasteiger partial charge in [-0.25, -0.2) is 4.98 Å². The molecule has 1 unspecified atom stereocenters. The summed E-state index contributed by atoms with van der Waals surface area (Å²) in [6.45, 7) is 8.75. The van der Waals surface area contributed by atoms with Crippen molar-refractivity contribution in [3.8, 4) is 5.88 Å². The first-order valence-corrected chi connectivity index (χ1v) is 10.4. The monoisotopic (exact) mass is 371 g/mol. The van der Waals surface area contributed by atoms with Gasteiger partial charge in [0.25, 0.3) is 0 Å². The number of benzene rings is 1. The molecule has 2 N–H and O–H groups in total. The van der Waals surface area contributed by atoms with Crippen LogP contribution in [0.15, 0.2) is 24.3 Å². The van der Waals surface area contributed by atoms with Crippen molar-refractivity contribution >= 4 is 16.3 Å². The maximum Gasteiger partial charge on any atom is 0.235 e. The van der Waals surface area contributed by atoms with Crippen LogP contribution in [-0.2, 0) is 6.42 Å². The van der Waals surface area contributed by atoms with Crippen LogP contribution >= 0.6 is 11.3 Å². The molecule has 5 nitrogen and oxygen atoms in total. The summed E-state index contributed by atoms with van der Waals surface area (Å²) in [7, 11) is 0. The van der Waals surface area contributed by atoms with Gasteiger partial charge in [0.2, 0.25) is 10.8 Å². The maximum absolute atomic E-state index is 10.9. The number of hydrogen-bond acceptors (Lipinski definition) is 4. The number of nitrogens with zero attached hydrogens (tertiary/aromatic N) is 3. The third-order valence-electron chi connectivity index (χ3n) is 5.45. The number of piperidine rings is 1. The van der Waals surface area contributed by atoms with Crippen LogP contribution in [0.4, 0.5) is 0 Å². The number of rotatable bonds is 4. The van der Waals surface area contributed by atoms with Gasteiger partial charge in [0.15, 0.2) is 11.9 Å². The lowest BCUT2D eigenvalue weighted by Crippen LogP contribution is -3.13. The molecule has 1 fully saturated rings. The van der Waals surface area contributed by atoms with Crippen LogP contribution in [0.5, 0.6) is 5.88 Å². The van der Waals surface area contributed by atoms with Crippen molar-refractivity contribution in [3.05, 3.63) is 46.1 Å². The number of thiazole rings is 1. The Morgan fingerprint density at radius 3 is 2.77 bits per heavy atom. The molecule has 3 aromatic rings. The van der Waals surface area contributed by atoms with Crippen LogP contribution in [0.1, 0.15) is 54.6 Å². The Morgan fingerprint density at radius 1 is 1.35 bits per heavy atom. The number of aromatic nitrogens is 3. The Bertz CT molecular complexity index is 899. The second-order valence-corrected chi connectivity index (χ2v) is 8.58. The summed E-state index contributed by atoms with van der Waals surface area (Å²) in [5.41, 5.74) is 2.52. The summed E-state index contributed by atoms with van der Waals surface area (Å²) in [6, 6.07) is 8.88. The van der Waals surface area contributed by atoms with Crippen molar-refractivity contribution in [2.45, 2.75) is 46.1 Å². The van der Waals surface area contributed by atoms with Crippen LogP contribution in [0.25, 0.3) is 4.96 Å². The van der Waals surface area contributed by atoms with E-state index in [1.54, 1.807) is 15.9 Å². The minimum atomic E-state index is 0.136. The summed E-state index contributed by atoms with van der Waals surface area (Å²) < 4.78 is 1.62. The first-order chi connectivity index (χ1) is 12.6. The highest BCUT2D eigenvalue weighted by molar-refractivity contribution is 7.17. The molecule has 2 aromatic heterocycles. The number of hydrogen-bond donors (Lipinski definition) is 2. The number of aromatic hydroxyl groups is 1. The number of quaternary nitrogens is 1. The first kappa shape index (κ1) is 17.5. The zero-order chi connectivity index (χ0) is 18.3. The SMILES string of the molecule is CCc1nc2sc([C@@H](c3ccc(C)cc3)[NH+]3CCC[C@H](C)C3)c(O)n2n1. The normalized spacial score (nSPS) is 22.0. The number of likely N-dealkylation sites (tertiary alicyclic amines) is 1. The van der Waals surface area contributed by atoms with E-state index in [-0.39, 0.29) is 11.9 Å². The molecule has 0 bridgehead atoms. The molecule has 138 valence electrons. The molecular weight excluding hydrogens is 344 g/mol.